The summed E-state index contributed by atoms with van der Waals surface area (Å²) in [4.78, 5) is 5.21. The molecule has 24 heavy (non-hydrogen) atoms. The average molecular weight is 342 g/mol. The molecule has 0 spiro atoms. The van der Waals surface area contributed by atoms with Gasteiger partial charge in [-0.25, -0.2) is 0 Å². The number of rotatable bonds is 6. The third-order valence-electron chi connectivity index (χ3n) is 3.32. The van der Waals surface area contributed by atoms with E-state index in [-0.39, 0.29) is 0 Å². The van der Waals surface area contributed by atoms with Gasteiger partial charge in [-0.15, -0.1) is 10.2 Å². The molecular weight excluding hydrogens is 326 g/mol. The molecule has 122 valence electrons. The molecule has 0 fully saturated rings. The second-order valence-corrected chi connectivity index (χ2v) is 5.67. The van der Waals surface area contributed by atoms with Crippen molar-refractivity contribution >= 4 is 17.8 Å². The molecule has 5 nitrogen and oxygen atoms in total. The SMILES string of the molecule is Cc1ccc(-c2nnc(CCO/N=C/c3ccc(Cl)cc3)o2)cc1. The van der Waals surface area contributed by atoms with Gasteiger partial charge in [0.2, 0.25) is 11.8 Å². The number of benzene rings is 2. The predicted molar refractivity (Wildman–Crippen MR) is 93.2 cm³/mol. The highest BCUT2D eigenvalue weighted by molar-refractivity contribution is 6.30. The van der Waals surface area contributed by atoms with E-state index in [0.29, 0.717) is 29.8 Å². The summed E-state index contributed by atoms with van der Waals surface area (Å²) in [6, 6.07) is 15.3. The third-order valence-corrected chi connectivity index (χ3v) is 3.57. The maximum Gasteiger partial charge on any atom is 0.247 e. The Balaban J connectivity index is 1.49. The van der Waals surface area contributed by atoms with Gasteiger partial charge in [0.1, 0.15) is 6.61 Å². The number of halogens is 1. The minimum atomic E-state index is 0.361. The first-order valence-corrected chi connectivity index (χ1v) is 7.89. The standard InChI is InChI=1S/C18H16ClN3O2/c1-13-2-6-15(7-3-13)18-22-21-17(24-18)10-11-23-20-12-14-4-8-16(19)9-5-14/h2-9,12H,10-11H2,1H3/b20-12+. The topological polar surface area (TPSA) is 60.5 Å². The van der Waals surface area contributed by atoms with Gasteiger partial charge in [0.15, 0.2) is 0 Å². The molecule has 0 aliphatic carbocycles. The first kappa shape index (κ1) is 16.2. The Morgan fingerprint density at radius 3 is 2.58 bits per heavy atom. The van der Waals surface area contributed by atoms with E-state index in [1.807, 2.05) is 43.3 Å². The summed E-state index contributed by atoms with van der Waals surface area (Å²) in [6.45, 7) is 2.39. The molecule has 0 aliphatic heterocycles. The fourth-order valence-corrected chi connectivity index (χ4v) is 2.13. The van der Waals surface area contributed by atoms with Crippen LogP contribution in [0.4, 0.5) is 0 Å². The molecule has 0 unspecified atom stereocenters. The fraction of sp³-hybridized carbons (Fsp3) is 0.167. The molecule has 0 amide bonds. The monoisotopic (exact) mass is 341 g/mol. The maximum absolute atomic E-state index is 5.82. The quantitative estimate of drug-likeness (QED) is 0.381. The molecule has 0 atom stereocenters. The Morgan fingerprint density at radius 2 is 1.83 bits per heavy atom. The predicted octanol–water partition coefficient (Wildman–Crippen LogP) is 4.29. The highest BCUT2D eigenvalue weighted by Crippen LogP contribution is 2.18. The third kappa shape index (κ3) is 4.43. The first-order chi connectivity index (χ1) is 11.7. The summed E-state index contributed by atoms with van der Waals surface area (Å²) >= 11 is 5.82. The molecule has 0 saturated heterocycles. The highest BCUT2D eigenvalue weighted by Gasteiger charge is 2.08. The zero-order valence-electron chi connectivity index (χ0n) is 13.1. The van der Waals surface area contributed by atoms with Gasteiger partial charge in [-0.1, -0.05) is 46.6 Å². The van der Waals surface area contributed by atoms with Crippen LogP contribution in [-0.4, -0.2) is 23.0 Å². The van der Waals surface area contributed by atoms with Crippen LogP contribution in [0.2, 0.25) is 5.02 Å². The number of oxime groups is 1. The van der Waals surface area contributed by atoms with Crippen molar-refractivity contribution < 1.29 is 9.25 Å². The van der Waals surface area contributed by atoms with Gasteiger partial charge in [0.25, 0.3) is 0 Å². The fourth-order valence-electron chi connectivity index (χ4n) is 2.00. The molecule has 0 bridgehead atoms. The Morgan fingerprint density at radius 1 is 1.08 bits per heavy atom. The van der Waals surface area contributed by atoms with Crippen LogP contribution >= 0.6 is 11.6 Å². The second-order valence-electron chi connectivity index (χ2n) is 5.24. The lowest BCUT2D eigenvalue weighted by Crippen LogP contribution is -1.95. The molecular formula is C18H16ClN3O2. The Kier molecular flexibility index (Phi) is 5.23. The van der Waals surface area contributed by atoms with Crippen LogP contribution in [-0.2, 0) is 11.3 Å². The molecule has 3 aromatic rings. The van der Waals surface area contributed by atoms with E-state index >= 15 is 0 Å². The van der Waals surface area contributed by atoms with E-state index in [0.717, 1.165) is 11.1 Å². The lowest BCUT2D eigenvalue weighted by Gasteiger charge is -1.97. The van der Waals surface area contributed by atoms with Crippen molar-refractivity contribution in [3.8, 4) is 11.5 Å². The van der Waals surface area contributed by atoms with Crippen molar-refractivity contribution in [2.45, 2.75) is 13.3 Å². The molecule has 2 aromatic carbocycles. The van der Waals surface area contributed by atoms with Crippen molar-refractivity contribution in [2.24, 2.45) is 5.16 Å². The van der Waals surface area contributed by atoms with E-state index in [1.165, 1.54) is 5.56 Å². The van der Waals surface area contributed by atoms with Crippen LogP contribution in [0, 0.1) is 6.92 Å². The smallest absolute Gasteiger partial charge is 0.247 e. The van der Waals surface area contributed by atoms with Gasteiger partial charge < -0.3 is 9.25 Å². The van der Waals surface area contributed by atoms with Crippen LogP contribution in [0.3, 0.4) is 0 Å². The number of aromatic nitrogens is 2. The van der Waals surface area contributed by atoms with Crippen LogP contribution in [0.5, 0.6) is 0 Å². The number of hydrogen-bond acceptors (Lipinski definition) is 5. The highest BCUT2D eigenvalue weighted by atomic mass is 35.5. The van der Waals surface area contributed by atoms with Crippen LogP contribution < -0.4 is 0 Å². The van der Waals surface area contributed by atoms with Crippen molar-refractivity contribution in [1.29, 1.82) is 0 Å². The molecule has 3 rings (SSSR count). The zero-order chi connectivity index (χ0) is 16.8. The largest absolute Gasteiger partial charge is 0.421 e. The zero-order valence-corrected chi connectivity index (χ0v) is 13.9. The summed E-state index contributed by atoms with van der Waals surface area (Å²) in [5, 5.41) is 12.7. The van der Waals surface area contributed by atoms with Gasteiger partial charge >= 0.3 is 0 Å². The molecule has 0 radical (unpaired) electrons. The molecule has 1 aromatic heterocycles. The number of nitrogens with zero attached hydrogens (tertiary/aromatic N) is 3. The second kappa shape index (κ2) is 7.75. The lowest BCUT2D eigenvalue weighted by atomic mass is 10.1. The number of aryl methyl sites for hydroxylation is 1. The summed E-state index contributed by atoms with van der Waals surface area (Å²) in [5.41, 5.74) is 3.00. The van der Waals surface area contributed by atoms with Gasteiger partial charge in [-0.05, 0) is 36.8 Å². The average Bonchev–Trinajstić information content (AvgIpc) is 3.06. The van der Waals surface area contributed by atoms with Gasteiger partial charge in [-0.3, -0.25) is 0 Å². The lowest BCUT2D eigenvalue weighted by molar-refractivity contribution is 0.144. The van der Waals surface area contributed by atoms with E-state index in [9.17, 15) is 0 Å². The van der Waals surface area contributed by atoms with E-state index in [2.05, 4.69) is 15.4 Å². The normalized spacial score (nSPS) is 11.1. The van der Waals surface area contributed by atoms with Crippen molar-refractivity contribution in [1.82, 2.24) is 10.2 Å². The summed E-state index contributed by atoms with van der Waals surface area (Å²) < 4.78 is 5.62. The van der Waals surface area contributed by atoms with Crippen LogP contribution in [0.25, 0.3) is 11.5 Å². The van der Waals surface area contributed by atoms with Crippen LogP contribution in [0.1, 0.15) is 17.0 Å². The number of hydrogen-bond donors (Lipinski definition) is 0. The molecule has 1 heterocycles. The summed E-state index contributed by atoms with van der Waals surface area (Å²) in [7, 11) is 0. The minimum Gasteiger partial charge on any atom is -0.421 e. The Bertz CT molecular complexity index is 811. The minimum absolute atomic E-state index is 0.361. The van der Waals surface area contributed by atoms with Crippen molar-refractivity contribution in [2.75, 3.05) is 6.61 Å². The first-order valence-electron chi connectivity index (χ1n) is 7.51. The van der Waals surface area contributed by atoms with E-state index in [1.54, 1.807) is 18.3 Å². The maximum atomic E-state index is 5.82. The Labute approximate surface area is 144 Å². The van der Waals surface area contributed by atoms with Crippen LogP contribution in [0.15, 0.2) is 58.1 Å². The molecule has 0 aliphatic rings. The van der Waals surface area contributed by atoms with Gasteiger partial charge in [-0.2, -0.15) is 0 Å². The van der Waals surface area contributed by atoms with E-state index < -0.39 is 0 Å². The molecule has 6 heteroatoms. The van der Waals surface area contributed by atoms with Crippen molar-refractivity contribution in [3.63, 3.8) is 0 Å². The summed E-state index contributed by atoms with van der Waals surface area (Å²) in [6.07, 6.45) is 2.12. The molecule has 0 N–H and O–H groups in total. The molecule has 0 saturated carbocycles. The van der Waals surface area contributed by atoms with Gasteiger partial charge in [0.05, 0.1) is 12.6 Å². The Hall–Kier alpha value is -2.66. The van der Waals surface area contributed by atoms with Crippen molar-refractivity contribution in [3.05, 3.63) is 70.6 Å². The van der Waals surface area contributed by atoms with Gasteiger partial charge in [0, 0.05) is 10.6 Å². The van der Waals surface area contributed by atoms with E-state index in [4.69, 9.17) is 20.9 Å². The summed E-state index contributed by atoms with van der Waals surface area (Å²) in [5.74, 6) is 1.03.